The molecule has 0 aromatic carbocycles. The van der Waals surface area contributed by atoms with Gasteiger partial charge in [0.2, 0.25) is 0 Å². The van der Waals surface area contributed by atoms with Crippen molar-refractivity contribution in [1.82, 2.24) is 24.5 Å². The van der Waals surface area contributed by atoms with Crippen molar-refractivity contribution >= 4 is 0 Å². The first-order chi connectivity index (χ1) is 29.2. The molecule has 8 rings (SSSR count). The summed E-state index contributed by atoms with van der Waals surface area (Å²) in [6.45, 7) is 46.9. The van der Waals surface area contributed by atoms with Crippen LogP contribution in [0.3, 0.4) is 0 Å². The lowest BCUT2D eigenvalue weighted by atomic mass is 9.70. The molecule has 0 spiro atoms. The van der Waals surface area contributed by atoms with E-state index in [1.807, 2.05) is 32.6 Å². The number of rotatable bonds is 10. The summed E-state index contributed by atoms with van der Waals surface area (Å²) in [7, 11) is 0. The Morgan fingerprint density at radius 3 is 1.24 bits per heavy atom. The predicted molar refractivity (Wildman–Crippen MR) is 268 cm³/mol. The van der Waals surface area contributed by atoms with Crippen LogP contribution in [0.5, 0.6) is 0 Å². The quantitative estimate of drug-likeness (QED) is 0.217. The molecule has 0 N–H and O–H groups in total. The second-order valence-electron chi connectivity index (χ2n) is 24.7. The van der Waals surface area contributed by atoms with E-state index >= 15 is 0 Å². The Kier molecular flexibility index (Phi) is 22.8. The summed E-state index contributed by atoms with van der Waals surface area (Å²) in [5.41, 5.74) is 0. The molecule has 6 saturated heterocycles. The van der Waals surface area contributed by atoms with Crippen molar-refractivity contribution in [2.75, 3.05) is 19.6 Å². The summed E-state index contributed by atoms with van der Waals surface area (Å²) >= 11 is 0. The monoisotopic (exact) mass is 896 g/mol. The summed E-state index contributed by atoms with van der Waals surface area (Å²) in [5, 5.41) is 0. The maximum atomic E-state index is 13.1. The molecule has 374 valence electrons. The number of hydrogen-bond acceptors (Lipinski definition) is 5. The number of halogens is 3. The van der Waals surface area contributed by atoms with Crippen molar-refractivity contribution in [3.05, 3.63) is 0 Å². The minimum atomic E-state index is -2.47. The minimum Gasteiger partial charge on any atom is -0.298 e. The van der Waals surface area contributed by atoms with Crippen LogP contribution in [0.4, 0.5) is 13.2 Å². The zero-order chi connectivity index (χ0) is 47.8. The number of alkyl halides is 3. The molecular weight excluding hydrogens is 788 g/mol. The molecule has 63 heavy (non-hydrogen) atoms. The van der Waals surface area contributed by atoms with Crippen molar-refractivity contribution in [3.8, 4) is 0 Å². The van der Waals surface area contributed by atoms with Gasteiger partial charge in [0.15, 0.2) is 0 Å². The van der Waals surface area contributed by atoms with E-state index in [9.17, 15) is 13.2 Å². The Morgan fingerprint density at radius 1 is 0.429 bits per heavy atom. The average Bonchev–Trinajstić information content (AvgIpc) is 4.04. The molecular formula is C55H108F3N5. The van der Waals surface area contributed by atoms with Crippen molar-refractivity contribution in [1.29, 1.82) is 0 Å². The number of nitrogens with zero attached hydrogens (tertiary/aromatic N) is 5. The molecule has 2 saturated carbocycles. The van der Waals surface area contributed by atoms with Gasteiger partial charge in [0.1, 0.15) is 6.17 Å². The third kappa shape index (κ3) is 15.6. The zero-order valence-corrected chi connectivity index (χ0v) is 45.3. The highest BCUT2D eigenvalue weighted by Gasteiger charge is 2.48. The maximum absolute atomic E-state index is 13.1. The van der Waals surface area contributed by atoms with E-state index in [-0.39, 0.29) is 25.0 Å². The first-order valence-electron chi connectivity index (χ1n) is 27.0. The molecule has 6 aliphatic heterocycles. The molecule has 8 unspecified atom stereocenters. The third-order valence-electron chi connectivity index (χ3n) is 16.6. The van der Waals surface area contributed by atoms with Crippen molar-refractivity contribution < 1.29 is 13.2 Å². The fourth-order valence-corrected chi connectivity index (χ4v) is 13.9. The molecule has 0 radical (unpaired) electrons. The van der Waals surface area contributed by atoms with Gasteiger partial charge in [-0.15, -0.1) is 0 Å². The Bertz CT molecular complexity index is 1170. The van der Waals surface area contributed by atoms with Crippen LogP contribution < -0.4 is 0 Å². The lowest BCUT2D eigenvalue weighted by Gasteiger charge is -2.55. The Balaban J connectivity index is 0.000000210. The number of fused-ring (bicyclic) bond motifs is 5. The van der Waals surface area contributed by atoms with E-state index in [0.29, 0.717) is 30.5 Å². The number of piperidine rings is 3. The van der Waals surface area contributed by atoms with Crippen molar-refractivity contribution in [2.45, 2.75) is 294 Å². The molecule has 8 fully saturated rings. The van der Waals surface area contributed by atoms with E-state index in [1.165, 1.54) is 64.3 Å². The molecule has 6 heterocycles. The highest BCUT2D eigenvalue weighted by molar-refractivity contribution is 5.02. The van der Waals surface area contributed by atoms with E-state index in [2.05, 4.69) is 130 Å². The van der Waals surface area contributed by atoms with Crippen molar-refractivity contribution in [3.63, 3.8) is 0 Å². The van der Waals surface area contributed by atoms with Gasteiger partial charge in [-0.25, -0.2) is 13.2 Å². The van der Waals surface area contributed by atoms with Gasteiger partial charge in [-0.05, 0) is 181 Å². The lowest BCUT2D eigenvalue weighted by Crippen LogP contribution is -2.59. The molecule has 0 amide bonds. The van der Waals surface area contributed by atoms with Crippen LogP contribution in [0.25, 0.3) is 0 Å². The molecule has 8 aliphatic rings. The van der Waals surface area contributed by atoms with Crippen molar-refractivity contribution in [2.24, 2.45) is 41.4 Å². The molecule has 5 nitrogen and oxygen atoms in total. The largest absolute Gasteiger partial charge is 0.298 e. The molecule has 8 heteroatoms. The Hall–Kier alpha value is -0.410. The smallest absolute Gasteiger partial charge is 0.262 e. The summed E-state index contributed by atoms with van der Waals surface area (Å²) in [4.78, 5) is 12.5. The van der Waals surface area contributed by atoms with Crippen LogP contribution in [0, 0.1) is 41.4 Å². The van der Waals surface area contributed by atoms with Gasteiger partial charge in [-0.1, -0.05) is 69.2 Å². The average molecular weight is 896 g/mol. The lowest BCUT2D eigenvalue weighted by molar-refractivity contribution is -0.0536. The van der Waals surface area contributed by atoms with Crippen LogP contribution in [0.1, 0.15) is 209 Å². The van der Waals surface area contributed by atoms with Crippen LogP contribution >= 0.6 is 0 Å². The Morgan fingerprint density at radius 2 is 0.873 bits per heavy atom. The summed E-state index contributed by atoms with van der Waals surface area (Å²) < 4.78 is 39.4. The van der Waals surface area contributed by atoms with Crippen LogP contribution in [0.2, 0.25) is 0 Å². The second kappa shape index (κ2) is 25.3. The first-order valence-corrected chi connectivity index (χ1v) is 27.0. The minimum absolute atomic E-state index is 0.0306. The molecule has 8 atom stereocenters. The standard InChI is InChI=1S/C13H25N.C12H23N.C10H19F2N.C10H20FN.C10H21N/c1-9(2)13-11-5-7-12(8-6-11)14(13)10(3)4;1-8(2)12-10-5-6-11(7-10)13(12)9(3)4;1-7(2)9-5-10(11,12)6-13(9)8(3)4;1-7(2)10-5-9(11)6-12(10)8(3)4;1-8(2)10-6-5-7-11(10)9(3)4/h9-13H,5-8H2,1-4H3;8-12H,5-7H2,1-4H3;7-9H,5-6H2,1-4H3;7-10H,5-6H2,1-4H3;8-10H,5-7H2,1-4H3. The predicted octanol–water partition coefficient (Wildman–Crippen LogP) is 13.9. The van der Waals surface area contributed by atoms with Crippen LogP contribution in [-0.4, -0.2) is 129 Å². The van der Waals surface area contributed by atoms with E-state index in [0.717, 1.165) is 84.3 Å². The Labute approximate surface area is 391 Å². The molecule has 0 aromatic rings. The topological polar surface area (TPSA) is 16.2 Å². The van der Waals surface area contributed by atoms with E-state index < -0.39 is 12.1 Å². The summed E-state index contributed by atoms with van der Waals surface area (Å²) in [6.07, 6.45) is 13.4. The third-order valence-corrected chi connectivity index (χ3v) is 16.6. The van der Waals surface area contributed by atoms with Gasteiger partial charge in [-0.3, -0.25) is 24.5 Å². The highest BCUT2D eigenvalue weighted by atomic mass is 19.3. The summed E-state index contributed by atoms with van der Waals surface area (Å²) in [6, 6.07) is 7.91. The summed E-state index contributed by atoms with van der Waals surface area (Å²) in [5.74, 6) is 2.96. The van der Waals surface area contributed by atoms with Gasteiger partial charge in [-0.2, -0.15) is 0 Å². The van der Waals surface area contributed by atoms with Crippen LogP contribution in [-0.2, 0) is 0 Å². The molecule has 2 aliphatic carbocycles. The van der Waals surface area contributed by atoms with Gasteiger partial charge >= 0.3 is 0 Å². The SMILES string of the molecule is CC(C)C1C2CCC(C2)N1C(C)C.CC(C)C1C2CCC(CC2)N1C(C)C.CC(C)C1CC(F)(F)CN1C(C)C.CC(C)C1CC(F)CN1C(C)C.CC(C)C1CCCN1C(C)C. The van der Waals surface area contributed by atoms with Crippen LogP contribution in [0.15, 0.2) is 0 Å². The van der Waals surface area contributed by atoms with Gasteiger partial charge in [0.25, 0.3) is 5.92 Å². The maximum Gasteiger partial charge on any atom is 0.262 e. The highest BCUT2D eigenvalue weighted by Crippen LogP contribution is 2.46. The van der Waals surface area contributed by atoms with Gasteiger partial charge < -0.3 is 0 Å². The number of likely N-dealkylation sites (tertiary alicyclic amines) is 4. The van der Waals surface area contributed by atoms with E-state index in [4.69, 9.17) is 0 Å². The molecule has 4 bridgehead atoms. The normalized spacial score (nSPS) is 33.7. The fraction of sp³-hybridized carbons (Fsp3) is 1.00. The van der Waals surface area contributed by atoms with Gasteiger partial charge in [0, 0.05) is 85.5 Å². The number of hydrogen-bond donors (Lipinski definition) is 0. The second-order valence-corrected chi connectivity index (χ2v) is 24.7. The first kappa shape index (κ1) is 56.9. The molecule has 0 aromatic heterocycles. The fourth-order valence-electron chi connectivity index (χ4n) is 13.9. The van der Waals surface area contributed by atoms with E-state index in [1.54, 1.807) is 0 Å². The zero-order valence-electron chi connectivity index (χ0n) is 45.3. The van der Waals surface area contributed by atoms with Gasteiger partial charge in [0.05, 0.1) is 6.54 Å².